The molecular formula is C13H11FN4. The maximum Gasteiger partial charge on any atom is 0.234 e. The number of aryl methyl sites for hydroxylation is 1. The molecular weight excluding hydrogens is 231 g/mol. The summed E-state index contributed by atoms with van der Waals surface area (Å²) in [6.45, 7) is 1.91. The number of halogens is 1. The van der Waals surface area contributed by atoms with Crippen molar-refractivity contribution in [1.82, 2.24) is 14.4 Å². The molecule has 2 N–H and O–H groups in total. The van der Waals surface area contributed by atoms with E-state index < -0.39 is 5.82 Å². The second kappa shape index (κ2) is 3.80. The lowest BCUT2D eigenvalue weighted by Crippen LogP contribution is -1.90. The molecule has 0 saturated carbocycles. The molecule has 1 aromatic carbocycles. The van der Waals surface area contributed by atoms with E-state index in [0.717, 1.165) is 17.0 Å². The van der Waals surface area contributed by atoms with Gasteiger partial charge in [-0.2, -0.15) is 0 Å². The molecule has 0 saturated heterocycles. The summed E-state index contributed by atoms with van der Waals surface area (Å²) in [4.78, 5) is 8.70. The van der Waals surface area contributed by atoms with Gasteiger partial charge in [0.05, 0.1) is 11.4 Å². The highest BCUT2D eigenvalue weighted by atomic mass is 19.1. The molecule has 90 valence electrons. The third kappa shape index (κ3) is 1.69. The number of nitrogens with two attached hydrogens (primary N) is 1. The van der Waals surface area contributed by atoms with Crippen molar-refractivity contribution in [1.29, 1.82) is 0 Å². The molecule has 5 heteroatoms. The van der Waals surface area contributed by atoms with Crippen LogP contribution < -0.4 is 5.73 Å². The van der Waals surface area contributed by atoms with Crippen molar-refractivity contribution in [2.45, 2.75) is 6.92 Å². The van der Waals surface area contributed by atoms with E-state index in [0.29, 0.717) is 5.78 Å². The van der Waals surface area contributed by atoms with Gasteiger partial charge in [-0.3, -0.25) is 4.40 Å². The normalized spacial score (nSPS) is 11.0. The van der Waals surface area contributed by atoms with Crippen LogP contribution >= 0.6 is 0 Å². The number of hydrogen-bond donors (Lipinski definition) is 1. The first-order chi connectivity index (χ1) is 8.63. The van der Waals surface area contributed by atoms with Gasteiger partial charge in [0.15, 0.2) is 0 Å². The van der Waals surface area contributed by atoms with Crippen molar-refractivity contribution in [2.24, 2.45) is 0 Å². The topological polar surface area (TPSA) is 56.2 Å². The van der Waals surface area contributed by atoms with Gasteiger partial charge < -0.3 is 5.73 Å². The number of fused-ring (bicyclic) bond motifs is 1. The second-order valence-electron chi connectivity index (χ2n) is 4.14. The Labute approximate surface area is 103 Å². The molecule has 0 amide bonds. The van der Waals surface area contributed by atoms with Crippen LogP contribution in [0.5, 0.6) is 0 Å². The largest absolute Gasteiger partial charge is 0.396 e. The molecule has 18 heavy (non-hydrogen) atoms. The SMILES string of the molecule is Cc1ccn2cc(-c3ccc(F)c(N)c3)nc2n1. The van der Waals surface area contributed by atoms with Gasteiger partial charge in [0, 0.05) is 23.7 Å². The molecule has 0 fully saturated rings. The van der Waals surface area contributed by atoms with E-state index in [1.165, 1.54) is 6.07 Å². The van der Waals surface area contributed by atoms with Gasteiger partial charge >= 0.3 is 0 Å². The molecule has 0 atom stereocenters. The Kier molecular flexibility index (Phi) is 2.26. The molecule has 0 radical (unpaired) electrons. The minimum atomic E-state index is -0.420. The molecule has 0 bridgehead atoms. The monoisotopic (exact) mass is 242 g/mol. The van der Waals surface area contributed by atoms with E-state index in [2.05, 4.69) is 9.97 Å². The highest BCUT2D eigenvalue weighted by Gasteiger charge is 2.07. The second-order valence-corrected chi connectivity index (χ2v) is 4.14. The third-order valence-electron chi connectivity index (χ3n) is 2.76. The molecule has 0 unspecified atom stereocenters. The Bertz CT molecular complexity index is 733. The van der Waals surface area contributed by atoms with E-state index in [4.69, 9.17) is 5.73 Å². The quantitative estimate of drug-likeness (QED) is 0.667. The first-order valence-electron chi connectivity index (χ1n) is 5.51. The van der Waals surface area contributed by atoms with Crippen molar-refractivity contribution in [3.63, 3.8) is 0 Å². The molecule has 3 aromatic rings. The highest BCUT2D eigenvalue weighted by Crippen LogP contribution is 2.22. The van der Waals surface area contributed by atoms with Gasteiger partial charge in [-0.25, -0.2) is 14.4 Å². The molecule has 0 aliphatic heterocycles. The van der Waals surface area contributed by atoms with Gasteiger partial charge in [-0.1, -0.05) is 0 Å². The van der Waals surface area contributed by atoms with Crippen molar-refractivity contribution in [3.05, 3.63) is 48.2 Å². The molecule has 0 aliphatic rings. The van der Waals surface area contributed by atoms with Crippen LogP contribution in [0.2, 0.25) is 0 Å². The number of nitrogens with zero attached hydrogens (tertiary/aromatic N) is 3. The minimum absolute atomic E-state index is 0.119. The highest BCUT2D eigenvalue weighted by molar-refractivity contribution is 5.65. The number of aromatic nitrogens is 3. The Morgan fingerprint density at radius 3 is 2.83 bits per heavy atom. The van der Waals surface area contributed by atoms with Crippen molar-refractivity contribution < 1.29 is 4.39 Å². The Balaban J connectivity index is 2.16. The smallest absolute Gasteiger partial charge is 0.234 e. The van der Waals surface area contributed by atoms with E-state index >= 15 is 0 Å². The predicted octanol–water partition coefficient (Wildman–Crippen LogP) is 2.43. The predicted molar refractivity (Wildman–Crippen MR) is 67.5 cm³/mol. The number of anilines is 1. The van der Waals surface area contributed by atoms with E-state index in [9.17, 15) is 4.39 Å². The lowest BCUT2D eigenvalue weighted by Gasteiger charge is -1.99. The molecule has 4 nitrogen and oxygen atoms in total. The van der Waals surface area contributed by atoms with Gasteiger partial charge in [0.25, 0.3) is 0 Å². The van der Waals surface area contributed by atoms with Crippen LogP contribution in [-0.2, 0) is 0 Å². The summed E-state index contributed by atoms with van der Waals surface area (Å²) in [6, 6.07) is 6.47. The maximum absolute atomic E-state index is 13.1. The first kappa shape index (κ1) is 10.7. The van der Waals surface area contributed by atoms with Crippen LogP contribution in [0.3, 0.4) is 0 Å². The minimum Gasteiger partial charge on any atom is -0.396 e. The summed E-state index contributed by atoms with van der Waals surface area (Å²) in [5.41, 5.74) is 8.07. The fourth-order valence-electron chi connectivity index (χ4n) is 1.80. The number of rotatable bonds is 1. The van der Waals surface area contributed by atoms with Gasteiger partial charge in [-0.15, -0.1) is 0 Å². The van der Waals surface area contributed by atoms with Crippen molar-refractivity contribution in [2.75, 3.05) is 5.73 Å². The Morgan fingerprint density at radius 1 is 1.22 bits per heavy atom. The number of hydrogen-bond acceptors (Lipinski definition) is 3. The van der Waals surface area contributed by atoms with Gasteiger partial charge in [0.1, 0.15) is 5.82 Å². The van der Waals surface area contributed by atoms with E-state index in [1.807, 2.05) is 29.8 Å². The first-order valence-corrected chi connectivity index (χ1v) is 5.51. The van der Waals surface area contributed by atoms with Gasteiger partial charge in [0.2, 0.25) is 5.78 Å². The lowest BCUT2D eigenvalue weighted by molar-refractivity contribution is 0.632. The van der Waals surface area contributed by atoms with Gasteiger partial charge in [-0.05, 0) is 31.2 Å². The zero-order valence-electron chi connectivity index (χ0n) is 9.76. The Morgan fingerprint density at radius 2 is 2.06 bits per heavy atom. The zero-order chi connectivity index (χ0) is 12.7. The van der Waals surface area contributed by atoms with Crippen molar-refractivity contribution in [3.8, 4) is 11.3 Å². The number of benzene rings is 1. The number of nitrogen functional groups attached to an aromatic ring is 1. The number of imidazole rings is 1. The average Bonchev–Trinajstić information content (AvgIpc) is 2.75. The summed E-state index contributed by atoms with van der Waals surface area (Å²) in [5, 5.41) is 0. The molecule has 2 aromatic heterocycles. The fraction of sp³-hybridized carbons (Fsp3) is 0.0769. The molecule has 2 heterocycles. The zero-order valence-corrected chi connectivity index (χ0v) is 9.76. The maximum atomic E-state index is 13.1. The van der Waals surface area contributed by atoms with E-state index in [-0.39, 0.29) is 5.69 Å². The molecule has 0 aliphatic carbocycles. The van der Waals surface area contributed by atoms with Crippen LogP contribution in [0.4, 0.5) is 10.1 Å². The molecule has 0 spiro atoms. The summed E-state index contributed by atoms with van der Waals surface area (Å²) < 4.78 is 14.9. The van der Waals surface area contributed by atoms with Crippen LogP contribution in [0.25, 0.3) is 17.0 Å². The van der Waals surface area contributed by atoms with Crippen LogP contribution in [0.1, 0.15) is 5.69 Å². The lowest BCUT2D eigenvalue weighted by atomic mass is 10.1. The Hall–Kier alpha value is -2.43. The summed E-state index contributed by atoms with van der Waals surface area (Å²) in [7, 11) is 0. The van der Waals surface area contributed by atoms with Crippen LogP contribution in [0, 0.1) is 12.7 Å². The van der Waals surface area contributed by atoms with Crippen molar-refractivity contribution >= 4 is 11.5 Å². The van der Waals surface area contributed by atoms with Crippen LogP contribution in [0.15, 0.2) is 36.7 Å². The summed E-state index contributed by atoms with van der Waals surface area (Å²) in [5.74, 6) is 0.199. The average molecular weight is 242 g/mol. The third-order valence-corrected chi connectivity index (χ3v) is 2.76. The van der Waals surface area contributed by atoms with E-state index in [1.54, 1.807) is 12.1 Å². The standard InChI is InChI=1S/C13H11FN4/c1-8-4-5-18-7-12(17-13(18)16-8)9-2-3-10(14)11(15)6-9/h2-7H,15H2,1H3. The molecule has 3 rings (SSSR count). The summed E-state index contributed by atoms with van der Waals surface area (Å²) in [6.07, 6.45) is 3.73. The summed E-state index contributed by atoms with van der Waals surface area (Å²) >= 11 is 0. The fourth-order valence-corrected chi connectivity index (χ4v) is 1.80. The van der Waals surface area contributed by atoms with Crippen LogP contribution in [-0.4, -0.2) is 14.4 Å².